The lowest BCUT2D eigenvalue weighted by Gasteiger charge is -2.32. The summed E-state index contributed by atoms with van der Waals surface area (Å²) in [5.74, 6) is -0.242. The lowest BCUT2D eigenvalue weighted by molar-refractivity contribution is -0.125. The zero-order chi connectivity index (χ0) is 12.6. The van der Waals surface area contributed by atoms with Crippen LogP contribution in [-0.2, 0) is 11.2 Å². The first-order valence-electron chi connectivity index (χ1n) is 6.06. The van der Waals surface area contributed by atoms with Gasteiger partial charge in [-0.3, -0.25) is 4.79 Å². The van der Waals surface area contributed by atoms with Crippen LogP contribution in [0.25, 0.3) is 0 Å². The summed E-state index contributed by atoms with van der Waals surface area (Å²) in [6.45, 7) is 6.68. The van der Waals surface area contributed by atoms with Crippen molar-refractivity contribution in [3.05, 3.63) is 29.8 Å². The lowest BCUT2D eigenvalue weighted by Crippen LogP contribution is -2.44. The van der Waals surface area contributed by atoms with E-state index in [1.54, 1.807) is 0 Å². The van der Waals surface area contributed by atoms with Crippen LogP contribution in [0.5, 0.6) is 0 Å². The van der Waals surface area contributed by atoms with Crippen molar-refractivity contribution in [3.63, 3.8) is 0 Å². The maximum Gasteiger partial charge on any atom is 0.224 e. The highest BCUT2D eigenvalue weighted by molar-refractivity contribution is 5.81. The number of benzene rings is 1. The van der Waals surface area contributed by atoms with E-state index in [2.05, 4.69) is 30.0 Å². The van der Waals surface area contributed by atoms with Gasteiger partial charge in [0.25, 0.3) is 0 Å². The Kier molecular flexibility index (Phi) is 2.86. The molecule has 0 saturated heterocycles. The molecule has 0 bridgehead atoms. The van der Waals surface area contributed by atoms with Crippen molar-refractivity contribution in [1.82, 2.24) is 0 Å². The molecule has 2 rings (SSSR count). The third kappa shape index (κ3) is 2.14. The highest BCUT2D eigenvalue weighted by Crippen LogP contribution is 2.34. The van der Waals surface area contributed by atoms with E-state index >= 15 is 0 Å². The van der Waals surface area contributed by atoms with E-state index in [-0.39, 0.29) is 5.91 Å². The monoisotopic (exact) mass is 232 g/mol. The van der Waals surface area contributed by atoms with Crippen LogP contribution < -0.4 is 10.6 Å². The topological polar surface area (TPSA) is 46.3 Å². The number of anilines is 1. The van der Waals surface area contributed by atoms with E-state index in [9.17, 15) is 4.79 Å². The van der Waals surface area contributed by atoms with Crippen LogP contribution in [0.2, 0.25) is 0 Å². The van der Waals surface area contributed by atoms with Gasteiger partial charge in [-0.1, -0.05) is 18.2 Å². The average Bonchev–Trinajstić information content (AvgIpc) is 2.55. The molecule has 0 radical (unpaired) electrons. The fourth-order valence-electron chi connectivity index (χ4n) is 2.37. The molecule has 1 aliphatic heterocycles. The van der Waals surface area contributed by atoms with Crippen molar-refractivity contribution in [2.75, 3.05) is 11.4 Å². The minimum Gasteiger partial charge on any atom is -0.369 e. The second-order valence-electron chi connectivity index (χ2n) is 5.56. The van der Waals surface area contributed by atoms with Gasteiger partial charge in [-0.2, -0.15) is 0 Å². The minimum atomic E-state index is -0.494. The standard InChI is InChI=1S/C14H20N2O/c1-10-8-11-6-4-5-7-12(11)16(10)9-14(2,3)13(15)17/h4-7,10H,8-9H2,1-3H3,(H2,15,17). The maximum absolute atomic E-state index is 11.4. The average molecular weight is 232 g/mol. The quantitative estimate of drug-likeness (QED) is 0.865. The first-order chi connectivity index (χ1) is 7.92. The van der Waals surface area contributed by atoms with Gasteiger partial charge >= 0.3 is 0 Å². The Morgan fingerprint density at radius 2 is 2.12 bits per heavy atom. The molecule has 1 amide bonds. The molecule has 0 saturated carbocycles. The van der Waals surface area contributed by atoms with Crippen molar-refractivity contribution in [2.45, 2.75) is 33.2 Å². The van der Waals surface area contributed by atoms with Gasteiger partial charge in [0.2, 0.25) is 5.91 Å². The molecule has 0 aromatic heterocycles. The fraction of sp³-hybridized carbons (Fsp3) is 0.500. The number of fused-ring (bicyclic) bond motifs is 1. The Hall–Kier alpha value is -1.51. The molecule has 1 aliphatic rings. The molecule has 0 spiro atoms. The Labute approximate surface area is 103 Å². The van der Waals surface area contributed by atoms with Crippen molar-refractivity contribution in [2.24, 2.45) is 11.1 Å². The van der Waals surface area contributed by atoms with Crippen molar-refractivity contribution in [3.8, 4) is 0 Å². The van der Waals surface area contributed by atoms with Crippen LogP contribution in [-0.4, -0.2) is 18.5 Å². The number of hydrogen-bond donors (Lipinski definition) is 1. The molecular weight excluding hydrogens is 212 g/mol. The number of carbonyl (C=O) groups excluding carboxylic acids is 1. The summed E-state index contributed by atoms with van der Waals surface area (Å²) < 4.78 is 0. The number of carbonyl (C=O) groups is 1. The van der Waals surface area contributed by atoms with Crippen molar-refractivity contribution >= 4 is 11.6 Å². The van der Waals surface area contributed by atoms with E-state index in [0.717, 1.165) is 6.42 Å². The van der Waals surface area contributed by atoms with Crippen molar-refractivity contribution in [1.29, 1.82) is 0 Å². The molecule has 1 unspecified atom stereocenters. The van der Waals surface area contributed by atoms with E-state index in [0.29, 0.717) is 12.6 Å². The number of rotatable bonds is 3. The maximum atomic E-state index is 11.4. The largest absolute Gasteiger partial charge is 0.369 e. The molecule has 1 aromatic rings. The first kappa shape index (κ1) is 12.0. The molecule has 3 heteroatoms. The Bertz CT molecular complexity index is 440. The van der Waals surface area contributed by atoms with Gasteiger partial charge in [0.15, 0.2) is 0 Å². The number of amides is 1. The van der Waals surface area contributed by atoms with Crippen LogP contribution in [0.4, 0.5) is 5.69 Å². The summed E-state index contributed by atoms with van der Waals surface area (Å²) in [6, 6.07) is 8.82. The number of hydrogen-bond acceptors (Lipinski definition) is 2. The Morgan fingerprint density at radius 3 is 2.76 bits per heavy atom. The third-order valence-electron chi connectivity index (χ3n) is 3.58. The Balaban J connectivity index is 2.26. The number of para-hydroxylation sites is 1. The van der Waals surface area contributed by atoms with E-state index in [1.165, 1.54) is 11.3 Å². The zero-order valence-electron chi connectivity index (χ0n) is 10.7. The second kappa shape index (κ2) is 4.06. The van der Waals surface area contributed by atoms with Gasteiger partial charge in [-0.25, -0.2) is 0 Å². The number of nitrogens with two attached hydrogens (primary N) is 1. The normalized spacial score (nSPS) is 19.2. The summed E-state index contributed by atoms with van der Waals surface area (Å²) in [6.07, 6.45) is 1.05. The van der Waals surface area contributed by atoms with Crippen LogP contribution in [0.1, 0.15) is 26.3 Å². The molecule has 3 nitrogen and oxygen atoms in total. The smallest absolute Gasteiger partial charge is 0.224 e. The van der Waals surface area contributed by atoms with E-state index < -0.39 is 5.41 Å². The first-order valence-corrected chi connectivity index (χ1v) is 6.06. The molecule has 1 aromatic carbocycles. The molecule has 1 atom stereocenters. The SMILES string of the molecule is CC1Cc2ccccc2N1CC(C)(C)C(N)=O. The van der Waals surface area contributed by atoms with Gasteiger partial charge in [-0.15, -0.1) is 0 Å². The molecule has 0 aliphatic carbocycles. The molecule has 0 fully saturated rings. The van der Waals surface area contributed by atoms with E-state index in [4.69, 9.17) is 5.73 Å². The number of primary amides is 1. The molecule has 92 valence electrons. The summed E-state index contributed by atoms with van der Waals surface area (Å²) in [5, 5.41) is 0. The summed E-state index contributed by atoms with van der Waals surface area (Å²) >= 11 is 0. The highest BCUT2D eigenvalue weighted by atomic mass is 16.1. The fourth-order valence-corrected chi connectivity index (χ4v) is 2.37. The zero-order valence-corrected chi connectivity index (χ0v) is 10.7. The minimum absolute atomic E-state index is 0.242. The predicted octanol–water partition coefficient (Wildman–Crippen LogP) is 1.95. The predicted molar refractivity (Wildman–Crippen MR) is 69.9 cm³/mol. The van der Waals surface area contributed by atoms with Crippen LogP contribution in [0.15, 0.2) is 24.3 Å². The van der Waals surface area contributed by atoms with Gasteiger partial charge in [0, 0.05) is 18.3 Å². The van der Waals surface area contributed by atoms with Gasteiger partial charge in [-0.05, 0) is 38.8 Å². The van der Waals surface area contributed by atoms with Gasteiger partial charge < -0.3 is 10.6 Å². The second-order valence-corrected chi connectivity index (χ2v) is 5.56. The molecule has 17 heavy (non-hydrogen) atoms. The molecule has 1 heterocycles. The number of nitrogens with zero attached hydrogens (tertiary/aromatic N) is 1. The summed E-state index contributed by atoms with van der Waals surface area (Å²) in [5.41, 5.74) is 7.56. The van der Waals surface area contributed by atoms with E-state index in [1.807, 2.05) is 19.9 Å². The van der Waals surface area contributed by atoms with Gasteiger partial charge in [0.05, 0.1) is 5.41 Å². The lowest BCUT2D eigenvalue weighted by atomic mass is 9.91. The third-order valence-corrected chi connectivity index (χ3v) is 3.58. The molecular formula is C14H20N2O. The highest BCUT2D eigenvalue weighted by Gasteiger charge is 2.33. The van der Waals surface area contributed by atoms with Crippen molar-refractivity contribution < 1.29 is 4.79 Å². The van der Waals surface area contributed by atoms with Gasteiger partial charge in [0.1, 0.15) is 0 Å². The summed E-state index contributed by atoms with van der Waals surface area (Å²) in [4.78, 5) is 13.7. The van der Waals surface area contributed by atoms with Crippen LogP contribution in [0.3, 0.4) is 0 Å². The molecule has 2 N–H and O–H groups in total. The summed E-state index contributed by atoms with van der Waals surface area (Å²) in [7, 11) is 0. The van der Waals surface area contributed by atoms with Crippen LogP contribution in [0, 0.1) is 5.41 Å². The Morgan fingerprint density at radius 1 is 1.47 bits per heavy atom. The van der Waals surface area contributed by atoms with Crippen LogP contribution >= 0.6 is 0 Å².